The van der Waals surface area contributed by atoms with Crippen LogP contribution in [0.15, 0.2) is 24.3 Å². The molecule has 1 aliphatic carbocycles. The Morgan fingerprint density at radius 3 is 2.88 bits per heavy atom. The Hall–Kier alpha value is -0.960. The minimum Gasteiger partial charge on any atom is -0.300 e. The van der Waals surface area contributed by atoms with E-state index in [4.69, 9.17) is 0 Å². The van der Waals surface area contributed by atoms with Crippen LogP contribution in [0, 0.1) is 6.92 Å². The molecule has 1 saturated carbocycles. The molecule has 2 nitrogen and oxygen atoms in total. The van der Waals surface area contributed by atoms with E-state index in [2.05, 4.69) is 6.07 Å². The fraction of sp³-hybridized carbons (Fsp3) is 0.462. The lowest BCUT2D eigenvalue weighted by Crippen LogP contribution is -2.13. The Labute approximate surface area is 98.5 Å². The summed E-state index contributed by atoms with van der Waals surface area (Å²) in [6, 6.07) is 8.09. The summed E-state index contributed by atoms with van der Waals surface area (Å²) < 4.78 is 12.0. The molecule has 2 atom stereocenters. The molecule has 0 spiro atoms. The maximum absolute atomic E-state index is 12.0. The summed E-state index contributed by atoms with van der Waals surface area (Å²) in [5.41, 5.74) is 2.30. The van der Waals surface area contributed by atoms with Crippen LogP contribution in [0.3, 0.4) is 0 Å². The van der Waals surface area contributed by atoms with Gasteiger partial charge in [-0.15, -0.1) is 0 Å². The Bertz CT molecular complexity index is 426. The van der Waals surface area contributed by atoms with Crippen molar-refractivity contribution in [3.8, 4) is 0 Å². The quantitative estimate of drug-likeness (QED) is 0.807. The number of carbonyl (C=O) groups is 1. The van der Waals surface area contributed by atoms with Gasteiger partial charge in [-0.1, -0.05) is 29.8 Å². The van der Waals surface area contributed by atoms with Crippen molar-refractivity contribution < 1.29 is 9.00 Å². The highest BCUT2D eigenvalue weighted by molar-refractivity contribution is 7.84. The van der Waals surface area contributed by atoms with Crippen LogP contribution >= 0.6 is 0 Å². The summed E-state index contributed by atoms with van der Waals surface area (Å²) in [4.78, 5) is 11.1. The first-order valence-electron chi connectivity index (χ1n) is 5.59. The van der Waals surface area contributed by atoms with Crippen LogP contribution in [0.4, 0.5) is 0 Å². The highest BCUT2D eigenvalue weighted by Crippen LogP contribution is 2.22. The Kier molecular flexibility index (Phi) is 3.54. The molecule has 0 aliphatic heterocycles. The van der Waals surface area contributed by atoms with Crippen molar-refractivity contribution in [3.05, 3.63) is 35.4 Å². The number of hydrogen-bond donors (Lipinski definition) is 0. The van der Waals surface area contributed by atoms with Gasteiger partial charge in [0.2, 0.25) is 0 Å². The molecule has 1 aromatic carbocycles. The van der Waals surface area contributed by atoms with Gasteiger partial charge in [0.05, 0.1) is 0 Å². The summed E-state index contributed by atoms with van der Waals surface area (Å²) in [7, 11) is -0.896. The zero-order valence-corrected chi connectivity index (χ0v) is 10.3. The van der Waals surface area contributed by atoms with Crippen molar-refractivity contribution in [3.63, 3.8) is 0 Å². The van der Waals surface area contributed by atoms with E-state index < -0.39 is 10.8 Å². The zero-order chi connectivity index (χ0) is 11.5. The number of benzene rings is 1. The molecular weight excluding hydrogens is 220 g/mol. The molecule has 86 valence electrons. The van der Waals surface area contributed by atoms with Gasteiger partial charge in [0.25, 0.3) is 0 Å². The normalized spacial score (nSPS) is 22.3. The molecule has 0 saturated heterocycles. The van der Waals surface area contributed by atoms with E-state index in [1.165, 1.54) is 5.56 Å². The second-order valence-corrected chi connectivity index (χ2v) is 6.13. The van der Waals surface area contributed by atoms with Gasteiger partial charge in [0.15, 0.2) is 0 Å². The van der Waals surface area contributed by atoms with Crippen molar-refractivity contribution in [2.75, 3.05) is 0 Å². The molecule has 2 rings (SSSR count). The third-order valence-electron chi connectivity index (χ3n) is 2.96. The summed E-state index contributed by atoms with van der Waals surface area (Å²) >= 11 is 0. The summed E-state index contributed by atoms with van der Waals surface area (Å²) in [5, 5.41) is 0.0908. The van der Waals surface area contributed by atoms with Gasteiger partial charge in [0.1, 0.15) is 5.78 Å². The van der Waals surface area contributed by atoms with E-state index >= 15 is 0 Å². The zero-order valence-electron chi connectivity index (χ0n) is 9.44. The van der Waals surface area contributed by atoms with Gasteiger partial charge in [-0.25, -0.2) is 0 Å². The van der Waals surface area contributed by atoms with E-state index in [1.54, 1.807) is 0 Å². The predicted molar refractivity (Wildman–Crippen MR) is 65.7 cm³/mol. The molecule has 2 unspecified atom stereocenters. The van der Waals surface area contributed by atoms with E-state index in [1.807, 2.05) is 25.1 Å². The van der Waals surface area contributed by atoms with E-state index in [9.17, 15) is 9.00 Å². The standard InChI is InChI=1S/C13H16O2S/c1-10-3-2-4-11(7-10)9-16(15)13-6-5-12(14)8-13/h2-4,7,13H,5-6,8-9H2,1H3. The van der Waals surface area contributed by atoms with Crippen LogP contribution in [0.2, 0.25) is 0 Å². The molecule has 1 aliphatic rings. The smallest absolute Gasteiger partial charge is 0.134 e. The van der Waals surface area contributed by atoms with Crippen molar-refractivity contribution in [1.82, 2.24) is 0 Å². The highest BCUT2D eigenvalue weighted by atomic mass is 32.2. The third-order valence-corrected chi connectivity index (χ3v) is 4.73. The fourth-order valence-corrected chi connectivity index (χ4v) is 3.58. The van der Waals surface area contributed by atoms with Gasteiger partial charge in [-0.05, 0) is 18.9 Å². The van der Waals surface area contributed by atoms with Gasteiger partial charge in [-0.3, -0.25) is 9.00 Å². The molecule has 0 bridgehead atoms. The second kappa shape index (κ2) is 4.91. The SMILES string of the molecule is Cc1cccc(CS(=O)C2CCC(=O)C2)c1. The number of Topliss-reactive ketones (excluding diaryl/α,β-unsaturated/α-hetero) is 1. The monoisotopic (exact) mass is 236 g/mol. The maximum atomic E-state index is 12.0. The fourth-order valence-electron chi connectivity index (χ4n) is 2.09. The molecular formula is C13H16O2S. The van der Waals surface area contributed by atoms with Gasteiger partial charge >= 0.3 is 0 Å². The lowest BCUT2D eigenvalue weighted by atomic mass is 10.2. The number of aryl methyl sites for hydroxylation is 1. The largest absolute Gasteiger partial charge is 0.300 e. The lowest BCUT2D eigenvalue weighted by molar-refractivity contribution is -0.117. The van der Waals surface area contributed by atoms with E-state index in [-0.39, 0.29) is 11.0 Å². The van der Waals surface area contributed by atoms with Crippen molar-refractivity contribution in [1.29, 1.82) is 0 Å². The van der Waals surface area contributed by atoms with Crippen LogP contribution in [-0.2, 0) is 21.3 Å². The molecule has 16 heavy (non-hydrogen) atoms. The second-order valence-electron chi connectivity index (χ2n) is 4.42. The highest BCUT2D eigenvalue weighted by Gasteiger charge is 2.26. The first-order chi connectivity index (χ1) is 7.65. The van der Waals surface area contributed by atoms with Crippen LogP contribution < -0.4 is 0 Å². The number of ketones is 1. The molecule has 0 radical (unpaired) electrons. The molecule has 0 aromatic heterocycles. The first-order valence-corrected chi connectivity index (χ1v) is 6.98. The average molecular weight is 236 g/mol. The van der Waals surface area contributed by atoms with Crippen LogP contribution in [0.1, 0.15) is 30.4 Å². The molecule has 3 heteroatoms. The average Bonchev–Trinajstić information content (AvgIpc) is 2.65. The van der Waals surface area contributed by atoms with Gasteiger partial charge in [-0.2, -0.15) is 0 Å². The van der Waals surface area contributed by atoms with Gasteiger partial charge in [0, 0.05) is 34.6 Å². The maximum Gasteiger partial charge on any atom is 0.134 e. The Morgan fingerprint density at radius 1 is 1.44 bits per heavy atom. The topological polar surface area (TPSA) is 34.1 Å². The van der Waals surface area contributed by atoms with E-state index in [0.29, 0.717) is 18.6 Å². The van der Waals surface area contributed by atoms with Crippen molar-refractivity contribution in [2.24, 2.45) is 0 Å². The predicted octanol–water partition coefficient (Wildman–Crippen LogP) is 2.37. The Balaban J connectivity index is 1.99. The van der Waals surface area contributed by atoms with Gasteiger partial charge < -0.3 is 0 Å². The minimum atomic E-state index is -0.896. The number of rotatable bonds is 3. The minimum absolute atomic E-state index is 0.0908. The summed E-state index contributed by atoms with van der Waals surface area (Å²) in [6.07, 6.45) is 1.93. The van der Waals surface area contributed by atoms with Crippen LogP contribution in [0.25, 0.3) is 0 Å². The molecule has 0 heterocycles. The van der Waals surface area contributed by atoms with E-state index in [0.717, 1.165) is 12.0 Å². The van der Waals surface area contributed by atoms with Crippen molar-refractivity contribution in [2.45, 2.75) is 37.2 Å². The third kappa shape index (κ3) is 2.79. The number of carbonyl (C=O) groups excluding carboxylic acids is 1. The van der Waals surface area contributed by atoms with Crippen LogP contribution in [-0.4, -0.2) is 15.2 Å². The summed E-state index contributed by atoms with van der Waals surface area (Å²) in [6.45, 7) is 2.03. The van der Waals surface area contributed by atoms with Crippen molar-refractivity contribution >= 4 is 16.6 Å². The summed E-state index contributed by atoms with van der Waals surface area (Å²) in [5.74, 6) is 0.849. The molecule has 0 amide bonds. The lowest BCUT2D eigenvalue weighted by Gasteiger charge is -2.08. The molecule has 1 fully saturated rings. The number of hydrogen-bond acceptors (Lipinski definition) is 2. The van der Waals surface area contributed by atoms with Crippen LogP contribution in [0.5, 0.6) is 0 Å². The Morgan fingerprint density at radius 2 is 2.25 bits per heavy atom. The molecule has 1 aromatic rings. The molecule has 0 N–H and O–H groups in total. The first kappa shape index (κ1) is 11.5.